The molecule has 0 spiro atoms. The number of ether oxygens (including phenoxy) is 13. The fourth-order valence-corrected chi connectivity index (χ4v) is 4.91. The summed E-state index contributed by atoms with van der Waals surface area (Å²) >= 11 is 0. The molecule has 0 bridgehead atoms. The monoisotopic (exact) mass is 946 g/mol. The second kappa shape index (κ2) is 47.8. The van der Waals surface area contributed by atoms with Crippen molar-refractivity contribution in [1.29, 1.82) is 0 Å². The zero-order valence-corrected chi connectivity index (χ0v) is 39.4. The van der Waals surface area contributed by atoms with Gasteiger partial charge in [-0.3, -0.25) is 19.2 Å². The molecule has 3 amide bonds. The van der Waals surface area contributed by atoms with E-state index in [0.717, 1.165) is 0 Å². The molecule has 0 saturated carbocycles. The number of unbranched alkanes of at least 4 members (excludes halogenated alkanes) is 1. The molecule has 0 aromatic heterocycles. The van der Waals surface area contributed by atoms with Gasteiger partial charge in [-0.1, -0.05) is 0 Å². The molecule has 384 valence electrons. The van der Waals surface area contributed by atoms with Crippen molar-refractivity contribution in [3.05, 3.63) is 0 Å². The van der Waals surface area contributed by atoms with Crippen LogP contribution in [-0.2, 0) is 80.8 Å². The van der Waals surface area contributed by atoms with Gasteiger partial charge in [0.2, 0.25) is 11.8 Å². The lowest BCUT2D eigenvalue weighted by atomic mass is 10.0. The van der Waals surface area contributed by atoms with Gasteiger partial charge in [-0.05, 0) is 46.5 Å². The Morgan fingerprint density at radius 2 is 0.846 bits per heavy atom. The van der Waals surface area contributed by atoms with Gasteiger partial charge in [-0.25, -0.2) is 4.79 Å². The zero-order chi connectivity index (χ0) is 47.7. The second-order valence-electron chi connectivity index (χ2n) is 14.8. The maximum Gasteiger partial charge on any atom is 0.431 e. The summed E-state index contributed by atoms with van der Waals surface area (Å²) in [7, 11) is 0. The third kappa shape index (κ3) is 49.0. The van der Waals surface area contributed by atoms with Crippen LogP contribution in [0.4, 0.5) is 4.79 Å². The van der Waals surface area contributed by atoms with Crippen LogP contribution in [0.1, 0.15) is 52.9 Å². The summed E-state index contributed by atoms with van der Waals surface area (Å²) in [6, 6.07) is -0.732. The Morgan fingerprint density at radius 3 is 1.28 bits per heavy atom. The minimum Gasteiger partial charge on any atom is -0.442 e. The molecule has 0 aliphatic rings. The van der Waals surface area contributed by atoms with Crippen LogP contribution in [0.25, 0.3) is 0 Å². The van der Waals surface area contributed by atoms with Crippen molar-refractivity contribution in [2.75, 3.05) is 185 Å². The lowest BCUT2D eigenvalue weighted by Gasteiger charge is -2.19. The van der Waals surface area contributed by atoms with Crippen LogP contribution in [0.3, 0.4) is 0 Å². The molecule has 1 atom stereocenters. The Kier molecular flexibility index (Phi) is 45.8. The molecule has 7 N–H and O–H groups in total. The average molecular weight is 946 g/mol. The summed E-state index contributed by atoms with van der Waals surface area (Å²) in [6.45, 7) is 14.8. The first-order chi connectivity index (χ1) is 31.6. The Balaban J connectivity index is 4.33. The normalized spacial score (nSPS) is 12.0. The van der Waals surface area contributed by atoms with Gasteiger partial charge in [0.05, 0.1) is 151 Å². The number of ketones is 1. The van der Waals surface area contributed by atoms with Crippen molar-refractivity contribution < 1.29 is 85.6 Å². The van der Waals surface area contributed by atoms with E-state index < -0.39 is 23.6 Å². The number of carbonyl (C=O) groups is 4. The molecule has 0 fully saturated rings. The number of rotatable bonds is 50. The van der Waals surface area contributed by atoms with Gasteiger partial charge in [0.25, 0.3) is 0 Å². The Bertz CT molecular complexity index is 1110. The van der Waals surface area contributed by atoms with Gasteiger partial charge in [0.1, 0.15) is 18.8 Å². The van der Waals surface area contributed by atoms with Gasteiger partial charge in [-0.2, -0.15) is 5.48 Å². The van der Waals surface area contributed by atoms with E-state index in [-0.39, 0.29) is 64.4 Å². The van der Waals surface area contributed by atoms with Gasteiger partial charge >= 0.3 is 6.09 Å². The average Bonchev–Trinajstić information content (AvgIpc) is 3.26. The van der Waals surface area contributed by atoms with Crippen LogP contribution in [-0.4, -0.2) is 220 Å². The van der Waals surface area contributed by atoms with Gasteiger partial charge in [0, 0.05) is 32.7 Å². The number of amides is 3. The third-order valence-corrected chi connectivity index (χ3v) is 7.90. The van der Waals surface area contributed by atoms with Crippen molar-refractivity contribution in [1.82, 2.24) is 16.1 Å². The number of carbonyl (C=O) groups excluding carboxylic acids is 4. The number of nitrogens with two attached hydrogens (primary N) is 2. The van der Waals surface area contributed by atoms with Crippen LogP contribution in [0.2, 0.25) is 0 Å². The van der Waals surface area contributed by atoms with Crippen LogP contribution < -0.4 is 27.6 Å². The van der Waals surface area contributed by atoms with E-state index in [1.54, 1.807) is 20.8 Å². The summed E-state index contributed by atoms with van der Waals surface area (Å²) in [5, 5.41) is 5.60. The minimum atomic E-state index is -0.732. The molecule has 65 heavy (non-hydrogen) atoms. The smallest absolute Gasteiger partial charge is 0.431 e. The fourth-order valence-electron chi connectivity index (χ4n) is 4.91. The second-order valence-corrected chi connectivity index (χ2v) is 14.8. The van der Waals surface area contributed by atoms with Crippen molar-refractivity contribution in [2.24, 2.45) is 11.5 Å². The van der Waals surface area contributed by atoms with Crippen LogP contribution in [0.15, 0.2) is 0 Å². The molecule has 0 unspecified atom stereocenters. The third-order valence-electron chi connectivity index (χ3n) is 7.90. The summed E-state index contributed by atoms with van der Waals surface area (Å²) < 4.78 is 69.9. The first-order valence-corrected chi connectivity index (χ1v) is 22.6. The van der Waals surface area contributed by atoms with Crippen molar-refractivity contribution >= 4 is 23.7 Å². The molecule has 0 radical (unpaired) electrons. The van der Waals surface area contributed by atoms with Crippen LogP contribution in [0.5, 0.6) is 0 Å². The molecular weight excluding hydrogens is 862 g/mol. The van der Waals surface area contributed by atoms with E-state index in [4.69, 9.17) is 77.9 Å². The predicted octanol–water partition coefficient (Wildman–Crippen LogP) is -0.320. The first kappa shape index (κ1) is 62.3. The lowest BCUT2D eigenvalue weighted by molar-refractivity contribution is -0.131. The van der Waals surface area contributed by atoms with Gasteiger partial charge in [-0.15, -0.1) is 0 Å². The van der Waals surface area contributed by atoms with Gasteiger partial charge in [0.15, 0.2) is 5.78 Å². The molecule has 0 aromatic carbocycles. The zero-order valence-electron chi connectivity index (χ0n) is 39.4. The molecule has 0 rings (SSSR count). The maximum absolute atomic E-state index is 13.2. The Hall–Kier alpha value is -2.72. The number of hydrogen-bond donors (Lipinski definition) is 5. The summed E-state index contributed by atoms with van der Waals surface area (Å²) in [6.07, 6.45) is 1.48. The summed E-state index contributed by atoms with van der Waals surface area (Å²) in [5.74, 6) is -0.829. The van der Waals surface area contributed by atoms with Gasteiger partial charge < -0.3 is 83.7 Å². The first-order valence-electron chi connectivity index (χ1n) is 22.6. The highest BCUT2D eigenvalue weighted by molar-refractivity contribution is 5.89. The standard InChI is InChI=1S/C42H83N5O18/c1-42(2,3)65-41(51)47-64-34-33-61-18-15-52-12-6-8-38(48)37(46-40(50)36-63-32-30-60-28-26-58-24-22-56-20-17-54-14-10-44)7-4-5-11-45-39(49)35-62-31-29-59-27-25-57-23-21-55-19-16-53-13-9-43/h37H,4-36,43-44H2,1-3H3,(H,45,49)(H,46,50)(H,47,51)/t37-/m0/s1. The fraction of sp³-hybridized carbons (Fsp3) is 0.905. The highest BCUT2D eigenvalue weighted by Gasteiger charge is 2.20. The highest BCUT2D eigenvalue weighted by Crippen LogP contribution is 2.08. The summed E-state index contributed by atoms with van der Waals surface area (Å²) in [5.41, 5.74) is 12.3. The number of hydroxylamine groups is 1. The molecule has 0 saturated heterocycles. The minimum absolute atomic E-state index is 0.111. The molecular formula is C42H83N5O18. The molecule has 23 heteroatoms. The van der Waals surface area contributed by atoms with Crippen molar-refractivity contribution in [2.45, 2.75) is 64.5 Å². The van der Waals surface area contributed by atoms with E-state index in [9.17, 15) is 19.2 Å². The number of Topliss-reactive ketones (excluding diaryl/α,β-unsaturated/α-hetero) is 1. The SMILES string of the molecule is CC(C)(C)OC(=O)NOCCOCCOCCCC(=O)[C@H](CCCCNC(=O)COCCOCCOCCOCCOCCN)NC(=O)COCCOCCOCCOCCOCCN. The molecule has 0 heterocycles. The Labute approximate surface area is 385 Å². The molecule has 0 aliphatic heterocycles. The highest BCUT2D eigenvalue weighted by atomic mass is 16.7. The molecule has 0 aromatic rings. The van der Waals surface area contributed by atoms with Crippen molar-refractivity contribution in [3.63, 3.8) is 0 Å². The van der Waals surface area contributed by atoms with Crippen LogP contribution in [0, 0.1) is 0 Å². The molecule has 0 aliphatic carbocycles. The molecule has 23 nitrogen and oxygen atoms in total. The van der Waals surface area contributed by atoms with E-state index in [1.807, 2.05) is 0 Å². The lowest BCUT2D eigenvalue weighted by Crippen LogP contribution is -2.42. The summed E-state index contributed by atoms with van der Waals surface area (Å²) in [4.78, 5) is 54.7. The number of hydrogen-bond acceptors (Lipinski definition) is 20. The van der Waals surface area contributed by atoms with E-state index in [1.165, 1.54) is 0 Å². The van der Waals surface area contributed by atoms with E-state index in [0.29, 0.717) is 164 Å². The predicted molar refractivity (Wildman–Crippen MR) is 236 cm³/mol. The van der Waals surface area contributed by atoms with E-state index in [2.05, 4.69) is 16.1 Å². The Morgan fingerprint density at radius 1 is 0.462 bits per heavy atom. The number of nitrogens with one attached hydrogen (secondary N) is 3. The van der Waals surface area contributed by atoms with E-state index >= 15 is 0 Å². The van der Waals surface area contributed by atoms with Crippen LogP contribution >= 0.6 is 0 Å². The quantitative estimate of drug-likeness (QED) is 0.0386. The van der Waals surface area contributed by atoms with Crippen molar-refractivity contribution in [3.8, 4) is 0 Å². The maximum atomic E-state index is 13.2. The topological polar surface area (TPSA) is 286 Å². The largest absolute Gasteiger partial charge is 0.442 e.